The standard InChI is InChI=1S/C13H28N4/c1-4-6-9-15-13(14-3)16-10-11-17(5-2)12-7-8-12/h12H,4-11H2,1-3H3,(H2,14,15,16). The Balaban J connectivity index is 2.09. The minimum absolute atomic E-state index is 0.858. The Bertz CT molecular complexity index is 223. The van der Waals surface area contributed by atoms with Gasteiger partial charge in [0.25, 0.3) is 0 Å². The van der Waals surface area contributed by atoms with E-state index in [0.29, 0.717) is 0 Å². The highest BCUT2D eigenvalue weighted by Gasteiger charge is 2.27. The molecule has 1 aliphatic carbocycles. The van der Waals surface area contributed by atoms with Crippen molar-refractivity contribution >= 4 is 5.96 Å². The van der Waals surface area contributed by atoms with Crippen molar-refractivity contribution < 1.29 is 0 Å². The molecule has 0 saturated heterocycles. The summed E-state index contributed by atoms with van der Waals surface area (Å²) in [6.45, 7) is 8.72. The Morgan fingerprint density at radius 2 is 1.94 bits per heavy atom. The summed E-state index contributed by atoms with van der Waals surface area (Å²) in [5.74, 6) is 0.935. The van der Waals surface area contributed by atoms with Crippen molar-refractivity contribution in [2.24, 2.45) is 4.99 Å². The first kappa shape index (κ1) is 14.3. The smallest absolute Gasteiger partial charge is 0.191 e. The fourth-order valence-corrected chi connectivity index (χ4v) is 1.96. The van der Waals surface area contributed by atoms with E-state index in [4.69, 9.17) is 0 Å². The van der Waals surface area contributed by atoms with E-state index in [1.165, 1.54) is 25.7 Å². The number of rotatable bonds is 8. The van der Waals surface area contributed by atoms with Crippen molar-refractivity contribution in [1.29, 1.82) is 0 Å². The molecule has 1 rings (SSSR count). The maximum absolute atomic E-state index is 4.22. The van der Waals surface area contributed by atoms with Crippen molar-refractivity contribution in [3.05, 3.63) is 0 Å². The van der Waals surface area contributed by atoms with Crippen LogP contribution in [0.25, 0.3) is 0 Å². The number of hydrogen-bond acceptors (Lipinski definition) is 2. The molecule has 1 aliphatic rings. The van der Waals surface area contributed by atoms with Crippen LogP contribution in [0.5, 0.6) is 0 Å². The van der Waals surface area contributed by atoms with E-state index in [1.54, 1.807) is 0 Å². The lowest BCUT2D eigenvalue weighted by Crippen LogP contribution is -2.42. The van der Waals surface area contributed by atoms with Gasteiger partial charge in [0.15, 0.2) is 5.96 Å². The number of unbranched alkanes of at least 4 members (excludes halogenated alkanes) is 1. The second-order valence-corrected chi connectivity index (χ2v) is 4.64. The average Bonchev–Trinajstić information content (AvgIpc) is 3.17. The zero-order valence-corrected chi connectivity index (χ0v) is 11.6. The van der Waals surface area contributed by atoms with Gasteiger partial charge in [-0.15, -0.1) is 0 Å². The number of aliphatic imine (C=N–C) groups is 1. The Morgan fingerprint density at radius 3 is 2.47 bits per heavy atom. The van der Waals surface area contributed by atoms with Crippen molar-refractivity contribution in [3.8, 4) is 0 Å². The highest BCUT2D eigenvalue weighted by molar-refractivity contribution is 5.79. The van der Waals surface area contributed by atoms with Gasteiger partial charge in [0.2, 0.25) is 0 Å². The van der Waals surface area contributed by atoms with Crippen LogP contribution >= 0.6 is 0 Å². The van der Waals surface area contributed by atoms with Crippen LogP contribution in [-0.4, -0.2) is 50.1 Å². The van der Waals surface area contributed by atoms with Gasteiger partial charge in [0, 0.05) is 32.7 Å². The summed E-state index contributed by atoms with van der Waals surface area (Å²) in [5.41, 5.74) is 0. The topological polar surface area (TPSA) is 39.7 Å². The van der Waals surface area contributed by atoms with Gasteiger partial charge in [0.05, 0.1) is 0 Å². The molecular weight excluding hydrogens is 212 g/mol. The van der Waals surface area contributed by atoms with Crippen molar-refractivity contribution in [3.63, 3.8) is 0 Å². The molecule has 0 unspecified atom stereocenters. The monoisotopic (exact) mass is 240 g/mol. The van der Waals surface area contributed by atoms with Crippen molar-refractivity contribution in [2.45, 2.75) is 45.6 Å². The van der Waals surface area contributed by atoms with Crippen molar-refractivity contribution in [2.75, 3.05) is 33.2 Å². The van der Waals surface area contributed by atoms with Gasteiger partial charge < -0.3 is 10.6 Å². The molecule has 0 spiro atoms. The van der Waals surface area contributed by atoms with E-state index in [2.05, 4.69) is 34.4 Å². The van der Waals surface area contributed by atoms with Gasteiger partial charge >= 0.3 is 0 Å². The van der Waals surface area contributed by atoms with Gasteiger partial charge in [-0.2, -0.15) is 0 Å². The average molecular weight is 240 g/mol. The normalized spacial score (nSPS) is 16.4. The molecule has 1 fully saturated rings. The van der Waals surface area contributed by atoms with E-state index in [1.807, 2.05) is 7.05 Å². The van der Waals surface area contributed by atoms with E-state index in [-0.39, 0.29) is 0 Å². The van der Waals surface area contributed by atoms with E-state index >= 15 is 0 Å². The zero-order valence-electron chi connectivity index (χ0n) is 11.6. The third-order valence-corrected chi connectivity index (χ3v) is 3.21. The summed E-state index contributed by atoms with van der Waals surface area (Å²) in [6, 6.07) is 0.858. The zero-order chi connectivity index (χ0) is 12.5. The van der Waals surface area contributed by atoms with Crippen LogP contribution in [0, 0.1) is 0 Å². The number of nitrogens with zero attached hydrogens (tertiary/aromatic N) is 2. The first-order chi connectivity index (χ1) is 8.31. The summed E-state index contributed by atoms with van der Waals surface area (Å²) < 4.78 is 0. The molecule has 0 aromatic rings. The van der Waals surface area contributed by atoms with Gasteiger partial charge in [-0.3, -0.25) is 9.89 Å². The lowest BCUT2D eigenvalue weighted by atomic mass is 10.3. The molecule has 100 valence electrons. The minimum Gasteiger partial charge on any atom is -0.356 e. The number of likely N-dealkylation sites (N-methyl/N-ethyl adjacent to an activating group) is 1. The molecule has 4 heteroatoms. The lowest BCUT2D eigenvalue weighted by molar-refractivity contribution is 0.282. The third kappa shape index (κ3) is 5.91. The van der Waals surface area contributed by atoms with Gasteiger partial charge in [-0.1, -0.05) is 20.3 Å². The predicted octanol–water partition coefficient (Wildman–Crippen LogP) is 1.44. The number of hydrogen-bond donors (Lipinski definition) is 2. The molecule has 0 aromatic carbocycles. The summed E-state index contributed by atoms with van der Waals surface area (Å²) >= 11 is 0. The molecule has 0 heterocycles. The molecule has 0 radical (unpaired) electrons. The first-order valence-corrected chi connectivity index (χ1v) is 7.00. The SMILES string of the molecule is CCCCNC(=NC)NCCN(CC)C1CC1. The fraction of sp³-hybridized carbons (Fsp3) is 0.923. The molecule has 0 amide bonds. The second-order valence-electron chi connectivity index (χ2n) is 4.64. The Hall–Kier alpha value is -0.770. The van der Waals surface area contributed by atoms with Crippen LogP contribution < -0.4 is 10.6 Å². The van der Waals surface area contributed by atoms with Crippen LogP contribution in [0.1, 0.15) is 39.5 Å². The molecule has 0 atom stereocenters. The van der Waals surface area contributed by atoms with Crippen LogP contribution in [0.15, 0.2) is 4.99 Å². The highest BCUT2D eigenvalue weighted by Crippen LogP contribution is 2.25. The molecule has 0 aliphatic heterocycles. The van der Waals surface area contributed by atoms with Gasteiger partial charge in [-0.05, 0) is 25.8 Å². The Labute approximate surface area is 106 Å². The van der Waals surface area contributed by atoms with E-state index in [0.717, 1.165) is 38.2 Å². The van der Waals surface area contributed by atoms with Gasteiger partial charge in [-0.25, -0.2) is 0 Å². The molecule has 0 bridgehead atoms. The van der Waals surface area contributed by atoms with E-state index < -0.39 is 0 Å². The van der Waals surface area contributed by atoms with Crippen LogP contribution in [0.4, 0.5) is 0 Å². The first-order valence-electron chi connectivity index (χ1n) is 7.00. The largest absolute Gasteiger partial charge is 0.356 e. The molecule has 0 aromatic heterocycles. The molecular formula is C13H28N4. The maximum Gasteiger partial charge on any atom is 0.191 e. The van der Waals surface area contributed by atoms with Crippen LogP contribution in [0.3, 0.4) is 0 Å². The van der Waals surface area contributed by atoms with Gasteiger partial charge in [0.1, 0.15) is 0 Å². The summed E-state index contributed by atoms with van der Waals surface area (Å²) in [6.07, 6.45) is 5.19. The lowest BCUT2D eigenvalue weighted by Gasteiger charge is -2.20. The fourth-order valence-electron chi connectivity index (χ4n) is 1.96. The summed E-state index contributed by atoms with van der Waals surface area (Å²) in [7, 11) is 1.83. The number of guanidine groups is 1. The van der Waals surface area contributed by atoms with Crippen molar-refractivity contribution in [1.82, 2.24) is 15.5 Å². The maximum atomic E-state index is 4.22. The molecule has 4 nitrogen and oxygen atoms in total. The Morgan fingerprint density at radius 1 is 1.24 bits per heavy atom. The number of nitrogens with one attached hydrogen (secondary N) is 2. The quantitative estimate of drug-likeness (QED) is 0.383. The molecule has 17 heavy (non-hydrogen) atoms. The molecule has 1 saturated carbocycles. The third-order valence-electron chi connectivity index (χ3n) is 3.21. The Kier molecular flexibility index (Phi) is 7.01. The predicted molar refractivity (Wildman–Crippen MR) is 74.5 cm³/mol. The van der Waals surface area contributed by atoms with Crippen LogP contribution in [-0.2, 0) is 0 Å². The van der Waals surface area contributed by atoms with Crippen LogP contribution in [0.2, 0.25) is 0 Å². The minimum atomic E-state index is 0.858. The summed E-state index contributed by atoms with van der Waals surface area (Å²) in [4.78, 5) is 6.77. The summed E-state index contributed by atoms with van der Waals surface area (Å²) in [5, 5.41) is 6.70. The second kappa shape index (κ2) is 8.34. The highest BCUT2D eigenvalue weighted by atomic mass is 15.2. The molecule has 2 N–H and O–H groups in total. The van der Waals surface area contributed by atoms with E-state index in [9.17, 15) is 0 Å².